The highest BCUT2D eigenvalue weighted by Gasteiger charge is 2.36. The number of hydrogen-bond donors (Lipinski definition) is 0. The van der Waals surface area contributed by atoms with E-state index in [4.69, 9.17) is 0 Å². The molecule has 12 heavy (non-hydrogen) atoms. The molecule has 0 aliphatic carbocycles. The monoisotopic (exact) mass is 180 g/mol. The molecular weight excluding hydrogens is 162 g/mol. The summed E-state index contributed by atoms with van der Waals surface area (Å²) in [5.41, 5.74) is 0. The summed E-state index contributed by atoms with van der Waals surface area (Å²) >= 11 is 0. The standard InChI is InChI=1S/C9H18F2O/c1-4-6-7-8(3)9(10,11)12-5-2/h8H,4-7H2,1-3H3. The Labute approximate surface area is 73.1 Å². The molecule has 0 spiro atoms. The number of alkyl halides is 2. The van der Waals surface area contributed by atoms with E-state index < -0.39 is 12.0 Å². The zero-order valence-electron chi connectivity index (χ0n) is 8.07. The van der Waals surface area contributed by atoms with Crippen molar-refractivity contribution in [2.45, 2.75) is 46.1 Å². The van der Waals surface area contributed by atoms with E-state index in [-0.39, 0.29) is 6.61 Å². The lowest BCUT2D eigenvalue weighted by Crippen LogP contribution is -2.29. The van der Waals surface area contributed by atoms with Crippen LogP contribution in [0.1, 0.15) is 40.0 Å². The van der Waals surface area contributed by atoms with Gasteiger partial charge >= 0.3 is 6.11 Å². The lowest BCUT2D eigenvalue weighted by atomic mass is 10.0. The van der Waals surface area contributed by atoms with Gasteiger partial charge in [0.1, 0.15) is 0 Å². The van der Waals surface area contributed by atoms with Crippen molar-refractivity contribution in [3.05, 3.63) is 0 Å². The fourth-order valence-electron chi connectivity index (χ4n) is 1.01. The number of unbranched alkanes of at least 4 members (excludes halogenated alkanes) is 1. The van der Waals surface area contributed by atoms with Gasteiger partial charge in [-0.1, -0.05) is 26.7 Å². The molecule has 0 N–H and O–H groups in total. The summed E-state index contributed by atoms with van der Waals surface area (Å²) in [6.07, 6.45) is -0.621. The Morgan fingerprint density at radius 1 is 1.33 bits per heavy atom. The van der Waals surface area contributed by atoms with Gasteiger partial charge in [0, 0.05) is 5.92 Å². The van der Waals surface area contributed by atoms with Gasteiger partial charge in [-0.15, -0.1) is 0 Å². The minimum absolute atomic E-state index is 0.0729. The maximum Gasteiger partial charge on any atom is 0.358 e. The Morgan fingerprint density at radius 2 is 1.92 bits per heavy atom. The molecular formula is C9H18F2O. The second kappa shape index (κ2) is 5.46. The third kappa shape index (κ3) is 4.00. The third-order valence-electron chi connectivity index (χ3n) is 1.90. The minimum atomic E-state index is -2.94. The van der Waals surface area contributed by atoms with Crippen LogP contribution in [-0.4, -0.2) is 12.7 Å². The Kier molecular flexibility index (Phi) is 5.38. The average molecular weight is 180 g/mol. The van der Waals surface area contributed by atoms with Crippen LogP contribution in [0.3, 0.4) is 0 Å². The van der Waals surface area contributed by atoms with Crippen molar-refractivity contribution in [2.75, 3.05) is 6.61 Å². The van der Waals surface area contributed by atoms with Gasteiger partial charge in [-0.25, -0.2) is 0 Å². The molecule has 0 aliphatic rings. The van der Waals surface area contributed by atoms with Crippen molar-refractivity contribution >= 4 is 0 Å². The molecule has 1 atom stereocenters. The Balaban J connectivity index is 3.79. The largest absolute Gasteiger partial charge is 0.358 e. The summed E-state index contributed by atoms with van der Waals surface area (Å²) < 4.78 is 30.2. The second-order valence-electron chi connectivity index (χ2n) is 3.04. The number of halogens is 2. The van der Waals surface area contributed by atoms with E-state index in [1.807, 2.05) is 6.92 Å². The number of rotatable bonds is 6. The van der Waals surface area contributed by atoms with Gasteiger partial charge in [-0.3, -0.25) is 0 Å². The number of ether oxygens (including phenoxy) is 1. The van der Waals surface area contributed by atoms with E-state index in [1.165, 1.54) is 6.92 Å². The van der Waals surface area contributed by atoms with Gasteiger partial charge in [0.15, 0.2) is 0 Å². The predicted molar refractivity (Wildman–Crippen MR) is 45.3 cm³/mol. The first-order valence-corrected chi connectivity index (χ1v) is 4.56. The van der Waals surface area contributed by atoms with Crippen molar-refractivity contribution in [3.63, 3.8) is 0 Å². The molecule has 1 nitrogen and oxygen atoms in total. The van der Waals surface area contributed by atoms with Crippen LogP contribution in [0.5, 0.6) is 0 Å². The average Bonchev–Trinajstić information content (AvgIpc) is 2.00. The van der Waals surface area contributed by atoms with Crippen molar-refractivity contribution < 1.29 is 13.5 Å². The van der Waals surface area contributed by atoms with Crippen molar-refractivity contribution in [1.82, 2.24) is 0 Å². The number of hydrogen-bond acceptors (Lipinski definition) is 1. The fraction of sp³-hybridized carbons (Fsp3) is 1.00. The molecule has 0 heterocycles. The molecule has 0 aromatic heterocycles. The van der Waals surface area contributed by atoms with Crippen LogP contribution >= 0.6 is 0 Å². The first kappa shape index (κ1) is 11.8. The first-order chi connectivity index (χ1) is 5.54. The maximum atomic E-state index is 12.9. The van der Waals surface area contributed by atoms with E-state index in [0.717, 1.165) is 12.8 Å². The van der Waals surface area contributed by atoms with Crippen LogP contribution in [0, 0.1) is 5.92 Å². The highest BCUT2D eigenvalue weighted by atomic mass is 19.3. The molecule has 0 bridgehead atoms. The third-order valence-corrected chi connectivity index (χ3v) is 1.90. The topological polar surface area (TPSA) is 9.23 Å². The SMILES string of the molecule is CCCCC(C)C(F)(F)OCC. The first-order valence-electron chi connectivity index (χ1n) is 4.56. The van der Waals surface area contributed by atoms with E-state index in [1.54, 1.807) is 6.92 Å². The molecule has 0 aromatic carbocycles. The Hall–Kier alpha value is -0.180. The van der Waals surface area contributed by atoms with E-state index in [2.05, 4.69) is 4.74 Å². The lowest BCUT2D eigenvalue weighted by Gasteiger charge is -2.22. The molecule has 0 radical (unpaired) electrons. The molecule has 1 unspecified atom stereocenters. The molecule has 74 valence electrons. The van der Waals surface area contributed by atoms with Crippen LogP contribution < -0.4 is 0 Å². The summed E-state index contributed by atoms with van der Waals surface area (Å²) in [4.78, 5) is 0. The molecule has 0 rings (SSSR count). The minimum Gasteiger partial charge on any atom is -0.321 e. The van der Waals surface area contributed by atoms with Gasteiger partial charge < -0.3 is 4.74 Å². The fourth-order valence-corrected chi connectivity index (χ4v) is 1.01. The van der Waals surface area contributed by atoms with Gasteiger partial charge in [0.2, 0.25) is 0 Å². The second-order valence-corrected chi connectivity index (χ2v) is 3.04. The smallest absolute Gasteiger partial charge is 0.321 e. The molecule has 0 fully saturated rings. The van der Waals surface area contributed by atoms with Gasteiger partial charge in [-0.05, 0) is 13.3 Å². The summed E-state index contributed by atoms with van der Waals surface area (Å²) in [5.74, 6) is -0.669. The molecule has 0 saturated heterocycles. The Morgan fingerprint density at radius 3 is 2.33 bits per heavy atom. The molecule has 0 aromatic rings. The molecule has 0 aliphatic heterocycles. The van der Waals surface area contributed by atoms with E-state index in [0.29, 0.717) is 6.42 Å². The highest BCUT2D eigenvalue weighted by Crippen LogP contribution is 2.29. The predicted octanol–water partition coefficient (Wildman–Crippen LogP) is 3.44. The van der Waals surface area contributed by atoms with Crippen molar-refractivity contribution in [1.29, 1.82) is 0 Å². The quantitative estimate of drug-likeness (QED) is 0.608. The Bertz CT molecular complexity index is 115. The van der Waals surface area contributed by atoms with Crippen LogP contribution in [0.25, 0.3) is 0 Å². The highest BCUT2D eigenvalue weighted by molar-refractivity contribution is 4.63. The van der Waals surface area contributed by atoms with E-state index in [9.17, 15) is 8.78 Å². The maximum absolute atomic E-state index is 12.9. The van der Waals surface area contributed by atoms with Crippen molar-refractivity contribution in [2.24, 2.45) is 5.92 Å². The lowest BCUT2D eigenvalue weighted by molar-refractivity contribution is -0.267. The van der Waals surface area contributed by atoms with Crippen LogP contribution in [0.2, 0.25) is 0 Å². The molecule has 3 heteroatoms. The summed E-state index contributed by atoms with van der Waals surface area (Å²) in [6, 6.07) is 0. The van der Waals surface area contributed by atoms with Crippen LogP contribution in [0.15, 0.2) is 0 Å². The van der Waals surface area contributed by atoms with E-state index >= 15 is 0 Å². The van der Waals surface area contributed by atoms with Crippen LogP contribution in [-0.2, 0) is 4.74 Å². The van der Waals surface area contributed by atoms with Gasteiger partial charge in [0.05, 0.1) is 6.61 Å². The molecule has 0 amide bonds. The van der Waals surface area contributed by atoms with Crippen LogP contribution in [0.4, 0.5) is 8.78 Å². The van der Waals surface area contributed by atoms with Crippen molar-refractivity contribution in [3.8, 4) is 0 Å². The summed E-state index contributed by atoms with van der Waals surface area (Å²) in [7, 11) is 0. The van der Waals surface area contributed by atoms with Gasteiger partial charge in [0.25, 0.3) is 0 Å². The zero-order valence-corrected chi connectivity index (χ0v) is 8.07. The van der Waals surface area contributed by atoms with Gasteiger partial charge in [-0.2, -0.15) is 8.78 Å². The summed E-state index contributed by atoms with van der Waals surface area (Å²) in [6.45, 7) is 5.18. The summed E-state index contributed by atoms with van der Waals surface area (Å²) in [5, 5.41) is 0. The zero-order chi connectivity index (χ0) is 9.61. The normalized spacial score (nSPS) is 14.8. The molecule has 0 saturated carbocycles.